The highest BCUT2D eigenvalue weighted by atomic mass is 32.2. The number of amides is 1. The van der Waals surface area contributed by atoms with Crippen LogP contribution in [0, 0.1) is 5.92 Å². The van der Waals surface area contributed by atoms with E-state index < -0.39 is 5.97 Å². The van der Waals surface area contributed by atoms with Crippen LogP contribution < -0.4 is 5.32 Å². The lowest BCUT2D eigenvalue weighted by Crippen LogP contribution is -2.37. The third kappa shape index (κ3) is 7.78. The van der Waals surface area contributed by atoms with Gasteiger partial charge in [-0.2, -0.15) is 11.8 Å². The quantitative estimate of drug-likeness (QED) is 0.687. The van der Waals surface area contributed by atoms with Gasteiger partial charge in [-0.3, -0.25) is 9.59 Å². The van der Waals surface area contributed by atoms with E-state index >= 15 is 0 Å². The van der Waals surface area contributed by atoms with Crippen LogP contribution >= 0.6 is 11.8 Å². The first-order valence-corrected chi connectivity index (χ1v) is 9.01. The molecule has 0 aromatic rings. The number of hydrogen-bond acceptors (Lipinski definition) is 3. The zero-order valence-corrected chi connectivity index (χ0v) is 13.2. The van der Waals surface area contributed by atoms with E-state index in [4.69, 9.17) is 5.11 Å². The number of nitrogens with one attached hydrogen (secondary N) is 1. The fourth-order valence-electron chi connectivity index (χ4n) is 2.87. The zero-order chi connectivity index (χ0) is 14.8. The van der Waals surface area contributed by atoms with Gasteiger partial charge in [0.1, 0.15) is 0 Å². The van der Waals surface area contributed by atoms with Crippen molar-refractivity contribution in [1.29, 1.82) is 0 Å². The summed E-state index contributed by atoms with van der Waals surface area (Å²) in [6.07, 6.45) is 10.5. The van der Waals surface area contributed by atoms with Gasteiger partial charge in [0.15, 0.2) is 0 Å². The third-order valence-corrected chi connectivity index (χ3v) is 4.56. The Kier molecular flexibility index (Phi) is 8.74. The summed E-state index contributed by atoms with van der Waals surface area (Å²) in [5, 5.41) is 11.9. The van der Waals surface area contributed by atoms with Crippen molar-refractivity contribution in [2.75, 3.05) is 12.0 Å². The molecule has 0 saturated heterocycles. The third-order valence-electron chi connectivity index (χ3n) is 3.95. The second-order valence-corrected chi connectivity index (χ2v) is 6.66. The summed E-state index contributed by atoms with van der Waals surface area (Å²) < 4.78 is 0. The molecule has 0 spiro atoms. The summed E-state index contributed by atoms with van der Waals surface area (Å²) in [5.41, 5.74) is 0. The van der Waals surface area contributed by atoms with Crippen molar-refractivity contribution < 1.29 is 14.7 Å². The van der Waals surface area contributed by atoms with Crippen LogP contribution in [0.15, 0.2) is 0 Å². The smallest absolute Gasteiger partial charge is 0.303 e. The number of carbonyl (C=O) groups is 2. The van der Waals surface area contributed by atoms with Crippen molar-refractivity contribution in [2.45, 2.75) is 63.8 Å². The Labute approximate surface area is 126 Å². The van der Waals surface area contributed by atoms with Crippen molar-refractivity contribution >= 4 is 23.6 Å². The number of rotatable bonds is 9. The maximum atomic E-state index is 11.8. The van der Waals surface area contributed by atoms with E-state index in [2.05, 4.69) is 5.32 Å². The molecule has 0 aromatic heterocycles. The van der Waals surface area contributed by atoms with E-state index in [1.165, 1.54) is 32.1 Å². The van der Waals surface area contributed by atoms with Gasteiger partial charge in [0.2, 0.25) is 5.91 Å². The molecule has 1 aliphatic carbocycles. The molecule has 1 atom stereocenters. The maximum Gasteiger partial charge on any atom is 0.303 e. The molecule has 1 saturated carbocycles. The monoisotopic (exact) mass is 301 g/mol. The number of thioether (sulfide) groups is 1. The van der Waals surface area contributed by atoms with Crippen LogP contribution in [0.4, 0.5) is 0 Å². The molecule has 0 radical (unpaired) electrons. The van der Waals surface area contributed by atoms with Crippen LogP contribution in [0.25, 0.3) is 0 Å². The van der Waals surface area contributed by atoms with E-state index in [0.717, 1.165) is 12.2 Å². The number of carboxylic acid groups (broad SMARTS) is 1. The van der Waals surface area contributed by atoms with Crippen molar-refractivity contribution in [3.05, 3.63) is 0 Å². The van der Waals surface area contributed by atoms with E-state index in [9.17, 15) is 9.59 Å². The van der Waals surface area contributed by atoms with Gasteiger partial charge < -0.3 is 10.4 Å². The predicted molar refractivity (Wildman–Crippen MR) is 83.0 cm³/mol. The Morgan fingerprint density at radius 1 is 1.25 bits per heavy atom. The lowest BCUT2D eigenvalue weighted by Gasteiger charge is -2.27. The molecule has 20 heavy (non-hydrogen) atoms. The standard InChI is InChI=1S/C15H27NO3S/c1-20-10-9-14(17)16-13(7-8-15(18)19)11-12-5-3-2-4-6-12/h12-13H,2-11H2,1H3,(H,16,17)(H,18,19). The van der Waals surface area contributed by atoms with Crippen LogP contribution in [-0.4, -0.2) is 35.0 Å². The number of hydrogen-bond donors (Lipinski definition) is 2. The van der Waals surface area contributed by atoms with Gasteiger partial charge in [-0.1, -0.05) is 32.1 Å². The average molecular weight is 301 g/mol. The molecule has 1 amide bonds. The van der Waals surface area contributed by atoms with Gasteiger partial charge in [-0.15, -0.1) is 0 Å². The van der Waals surface area contributed by atoms with Gasteiger partial charge in [0.05, 0.1) is 0 Å². The SMILES string of the molecule is CSCCC(=O)NC(CCC(=O)O)CC1CCCCC1. The molecule has 0 aromatic carbocycles. The van der Waals surface area contributed by atoms with Gasteiger partial charge in [0, 0.05) is 24.6 Å². The predicted octanol–water partition coefficient (Wildman–Crippen LogP) is 3.06. The molecular weight excluding hydrogens is 274 g/mol. The summed E-state index contributed by atoms with van der Waals surface area (Å²) in [6, 6.07) is 0.0311. The summed E-state index contributed by atoms with van der Waals surface area (Å²) >= 11 is 1.66. The lowest BCUT2D eigenvalue weighted by molar-refractivity contribution is -0.137. The number of carboxylic acids is 1. The molecule has 0 heterocycles. The van der Waals surface area contributed by atoms with Crippen molar-refractivity contribution in [3.63, 3.8) is 0 Å². The normalized spacial score (nSPS) is 17.6. The highest BCUT2D eigenvalue weighted by molar-refractivity contribution is 7.98. The Bertz CT molecular complexity index is 303. The minimum absolute atomic E-state index is 0.0311. The lowest BCUT2D eigenvalue weighted by atomic mass is 9.84. The van der Waals surface area contributed by atoms with Crippen molar-refractivity contribution in [1.82, 2.24) is 5.32 Å². The largest absolute Gasteiger partial charge is 0.481 e. The molecule has 4 nitrogen and oxygen atoms in total. The maximum absolute atomic E-state index is 11.8. The van der Waals surface area contributed by atoms with E-state index in [1.54, 1.807) is 11.8 Å². The Balaban J connectivity index is 2.40. The van der Waals surface area contributed by atoms with Crippen molar-refractivity contribution in [3.8, 4) is 0 Å². The summed E-state index contributed by atoms with van der Waals surface area (Å²) in [4.78, 5) is 22.6. The van der Waals surface area contributed by atoms with Gasteiger partial charge in [-0.05, 0) is 25.0 Å². The van der Waals surface area contributed by atoms with Gasteiger partial charge >= 0.3 is 5.97 Å². The molecule has 0 aliphatic heterocycles. The first-order valence-electron chi connectivity index (χ1n) is 7.62. The van der Waals surface area contributed by atoms with Crippen molar-refractivity contribution in [2.24, 2.45) is 5.92 Å². The Morgan fingerprint density at radius 3 is 2.55 bits per heavy atom. The molecule has 1 aliphatic rings. The topological polar surface area (TPSA) is 66.4 Å². The number of aliphatic carboxylic acids is 1. The molecular formula is C15H27NO3S. The van der Waals surface area contributed by atoms with E-state index in [0.29, 0.717) is 18.8 Å². The fraction of sp³-hybridized carbons (Fsp3) is 0.867. The van der Waals surface area contributed by atoms with E-state index in [1.807, 2.05) is 6.26 Å². The molecule has 2 N–H and O–H groups in total. The highest BCUT2D eigenvalue weighted by Crippen LogP contribution is 2.28. The fourth-order valence-corrected chi connectivity index (χ4v) is 3.26. The zero-order valence-electron chi connectivity index (χ0n) is 12.4. The van der Waals surface area contributed by atoms with Gasteiger partial charge in [-0.25, -0.2) is 0 Å². The first kappa shape index (κ1) is 17.3. The summed E-state index contributed by atoms with van der Waals surface area (Å²) in [7, 11) is 0. The minimum Gasteiger partial charge on any atom is -0.481 e. The molecule has 1 unspecified atom stereocenters. The van der Waals surface area contributed by atoms with Crippen LogP contribution in [0.2, 0.25) is 0 Å². The average Bonchev–Trinajstić information content (AvgIpc) is 2.43. The van der Waals surface area contributed by atoms with Crippen LogP contribution in [0.5, 0.6) is 0 Å². The minimum atomic E-state index is -0.781. The summed E-state index contributed by atoms with van der Waals surface area (Å²) in [5.74, 6) is 0.756. The molecule has 1 fully saturated rings. The van der Waals surface area contributed by atoms with E-state index in [-0.39, 0.29) is 18.4 Å². The highest BCUT2D eigenvalue weighted by Gasteiger charge is 2.21. The first-order chi connectivity index (χ1) is 9.61. The molecule has 5 heteroatoms. The molecule has 116 valence electrons. The van der Waals surface area contributed by atoms with Crippen LogP contribution in [0.1, 0.15) is 57.8 Å². The summed E-state index contributed by atoms with van der Waals surface area (Å²) in [6.45, 7) is 0. The number of carbonyl (C=O) groups excluding carboxylic acids is 1. The Morgan fingerprint density at radius 2 is 1.95 bits per heavy atom. The Hall–Kier alpha value is -0.710. The second kappa shape index (κ2) is 10.1. The van der Waals surface area contributed by atoms with Crippen LogP contribution in [-0.2, 0) is 9.59 Å². The second-order valence-electron chi connectivity index (χ2n) is 5.68. The van der Waals surface area contributed by atoms with Gasteiger partial charge in [0.25, 0.3) is 0 Å². The molecule has 1 rings (SSSR count). The molecule has 0 bridgehead atoms. The van der Waals surface area contributed by atoms with Crippen LogP contribution in [0.3, 0.4) is 0 Å².